The third-order valence-electron chi connectivity index (χ3n) is 11.1. The molecule has 1 aliphatic carbocycles. The Morgan fingerprint density at radius 2 is 0.982 bits per heavy atom. The molecule has 56 heavy (non-hydrogen) atoms. The van der Waals surface area contributed by atoms with E-state index in [9.17, 15) is 0 Å². The zero-order chi connectivity index (χ0) is 37.0. The summed E-state index contributed by atoms with van der Waals surface area (Å²) in [5.41, 5.74) is 16.6. The molecule has 5 nitrogen and oxygen atoms in total. The number of hydrogen-bond acceptors (Lipinski definition) is 3. The molecule has 0 spiro atoms. The smallest absolute Gasteiger partial charge is 0.0723 e. The summed E-state index contributed by atoms with van der Waals surface area (Å²) in [5, 5.41) is 3.66. The average Bonchev–Trinajstić information content (AvgIpc) is 3.79. The number of hydrogen-bond donors (Lipinski definition) is 0. The highest BCUT2D eigenvalue weighted by Crippen LogP contribution is 2.40. The first-order chi connectivity index (χ1) is 27.8. The molecule has 11 rings (SSSR count). The number of aryl methyl sites for hydroxylation is 1. The molecule has 0 bridgehead atoms. The number of benzene rings is 5. The maximum absolute atomic E-state index is 5.31. The van der Waals surface area contributed by atoms with Crippen LogP contribution in [-0.2, 0) is 6.42 Å². The second-order valence-corrected chi connectivity index (χ2v) is 14.3. The van der Waals surface area contributed by atoms with E-state index in [-0.39, 0.29) is 0 Å². The molecule has 1 aliphatic rings. The summed E-state index contributed by atoms with van der Waals surface area (Å²) in [4.78, 5) is 14.7. The molecule has 0 radical (unpaired) electrons. The molecular formula is C51H35N5. The van der Waals surface area contributed by atoms with Gasteiger partial charge in [-0.2, -0.15) is 0 Å². The maximum Gasteiger partial charge on any atom is 0.0723 e. The average molecular weight is 718 g/mol. The first kappa shape index (κ1) is 32.1. The monoisotopic (exact) mass is 717 g/mol. The van der Waals surface area contributed by atoms with E-state index >= 15 is 0 Å². The molecule has 0 amide bonds. The lowest BCUT2D eigenvalue weighted by Crippen LogP contribution is -2.02. The van der Waals surface area contributed by atoms with Crippen molar-refractivity contribution < 1.29 is 0 Å². The van der Waals surface area contributed by atoms with Gasteiger partial charge in [0, 0.05) is 56.5 Å². The van der Waals surface area contributed by atoms with Gasteiger partial charge in [0.15, 0.2) is 0 Å². The van der Waals surface area contributed by atoms with Crippen LogP contribution < -0.4 is 0 Å². The Morgan fingerprint density at radius 3 is 1.66 bits per heavy atom. The van der Waals surface area contributed by atoms with Crippen LogP contribution in [0.15, 0.2) is 182 Å². The van der Waals surface area contributed by atoms with Crippen LogP contribution in [0.3, 0.4) is 0 Å². The van der Waals surface area contributed by atoms with Gasteiger partial charge in [-0.1, -0.05) is 91.0 Å². The molecule has 10 aromatic rings. The molecule has 5 aromatic carbocycles. The number of para-hydroxylation sites is 3. The molecule has 0 unspecified atom stereocenters. The summed E-state index contributed by atoms with van der Waals surface area (Å²) in [6.45, 7) is 0. The molecule has 0 atom stereocenters. The van der Waals surface area contributed by atoms with Crippen LogP contribution in [0.2, 0.25) is 0 Å². The van der Waals surface area contributed by atoms with E-state index in [1.54, 1.807) is 0 Å². The molecule has 5 heterocycles. The van der Waals surface area contributed by atoms with Crippen molar-refractivity contribution in [2.75, 3.05) is 0 Å². The Kier molecular flexibility index (Phi) is 7.56. The topological polar surface area (TPSA) is 48.5 Å². The van der Waals surface area contributed by atoms with Crippen LogP contribution in [0.25, 0.3) is 95.2 Å². The summed E-state index contributed by atoms with van der Waals surface area (Å²) in [6, 6.07) is 57.9. The van der Waals surface area contributed by atoms with E-state index in [2.05, 4.69) is 167 Å². The second kappa shape index (κ2) is 13.2. The van der Waals surface area contributed by atoms with Crippen LogP contribution in [0, 0.1) is 0 Å². The molecule has 0 fully saturated rings. The Balaban J connectivity index is 1.02. The largest absolute Gasteiger partial charge is 0.309 e. The Bertz CT molecular complexity index is 3130. The fourth-order valence-corrected chi connectivity index (χ4v) is 8.62. The van der Waals surface area contributed by atoms with Crippen LogP contribution in [0.1, 0.15) is 17.7 Å². The van der Waals surface area contributed by atoms with Crippen molar-refractivity contribution in [3.63, 3.8) is 0 Å². The van der Waals surface area contributed by atoms with Gasteiger partial charge in [-0.15, -0.1) is 0 Å². The summed E-state index contributed by atoms with van der Waals surface area (Å²) in [5.74, 6) is 0. The molecule has 264 valence electrons. The summed E-state index contributed by atoms with van der Waals surface area (Å²) >= 11 is 0. The number of rotatable bonds is 6. The van der Waals surface area contributed by atoms with Gasteiger partial charge in [0.25, 0.3) is 0 Å². The first-order valence-corrected chi connectivity index (χ1v) is 19.2. The van der Waals surface area contributed by atoms with E-state index in [0.717, 1.165) is 80.3 Å². The summed E-state index contributed by atoms with van der Waals surface area (Å²) in [7, 11) is 0. The molecule has 0 N–H and O–H groups in total. The minimum Gasteiger partial charge on any atom is -0.309 e. The predicted molar refractivity (Wildman–Crippen MR) is 230 cm³/mol. The van der Waals surface area contributed by atoms with Crippen molar-refractivity contribution in [1.82, 2.24) is 24.1 Å². The van der Waals surface area contributed by atoms with Gasteiger partial charge in [-0.05, 0) is 103 Å². The van der Waals surface area contributed by atoms with Crippen LogP contribution in [0.4, 0.5) is 0 Å². The van der Waals surface area contributed by atoms with E-state index in [1.165, 1.54) is 32.9 Å². The van der Waals surface area contributed by atoms with E-state index < -0.39 is 0 Å². The third kappa shape index (κ3) is 5.20. The fraction of sp³-hybridized carbons (Fsp3) is 0.0392. The minimum atomic E-state index is 0.946. The quantitative estimate of drug-likeness (QED) is 0.172. The van der Waals surface area contributed by atoms with Crippen molar-refractivity contribution in [3.05, 3.63) is 194 Å². The van der Waals surface area contributed by atoms with Crippen molar-refractivity contribution in [3.8, 4) is 56.4 Å². The normalized spacial score (nSPS) is 12.4. The highest BCUT2D eigenvalue weighted by molar-refractivity contribution is 6.11. The van der Waals surface area contributed by atoms with Crippen LogP contribution in [-0.4, -0.2) is 24.1 Å². The van der Waals surface area contributed by atoms with Gasteiger partial charge >= 0.3 is 0 Å². The molecule has 0 aliphatic heterocycles. The lowest BCUT2D eigenvalue weighted by molar-refractivity contribution is 0.968. The van der Waals surface area contributed by atoms with Gasteiger partial charge in [0.1, 0.15) is 0 Å². The van der Waals surface area contributed by atoms with Crippen LogP contribution >= 0.6 is 0 Å². The maximum atomic E-state index is 5.31. The number of allylic oxidation sites excluding steroid dienone is 1. The standard InChI is InChI=1S/C51H35N5/c1-5-22-46-36(14-1)40-32-34(26-28-50(40)55(46)48-24-7-3-16-38(48)44-18-9-11-30-52-44)42-20-13-21-43(54-42)35-27-29-51-41(33-35)37-15-2-6-23-47(37)56(51)49-25-8-4-17-39(49)45-19-10-12-31-53-45/h1,3-14,16-33H,2,15H2. The molecule has 5 heteroatoms. The minimum absolute atomic E-state index is 0.946. The lowest BCUT2D eigenvalue weighted by atomic mass is 9.99. The zero-order valence-corrected chi connectivity index (χ0v) is 30.5. The van der Waals surface area contributed by atoms with Gasteiger partial charge in [-0.25, -0.2) is 4.98 Å². The number of fused-ring (bicyclic) bond motifs is 6. The summed E-state index contributed by atoms with van der Waals surface area (Å²) in [6.07, 6.45) is 10.3. The molecule has 5 aromatic heterocycles. The van der Waals surface area contributed by atoms with Crippen molar-refractivity contribution in [2.45, 2.75) is 12.8 Å². The predicted octanol–water partition coefficient (Wildman–Crippen LogP) is 12.5. The number of aromatic nitrogens is 5. The van der Waals surface area contributed by atoms with Crippen molar-refractivity contribution >= 4 is 38.8 Å². The first-order valence-electron chi connectivity index (χ1n) is 19.2. The SMILES string of the molecule is C1=Cc2c(c3cc(-c4cccc(-c5ccc6c(c5)c5ccccc5n6-c5ccccc5-c5ccccn5)n4)ccc3n2-c2ccccc2-c2ccccn2)CC1. The van der Waals surface area contributed by atoms with E-state index in [4.69, 9.17) is 15.0 Å². The molecular weight excluding hydrogens is 683 g/mol. The van der Waals surface area contributed by atoms with Crippen molar-refractivity contribution in [1.29, 1.82) is 0 Å². The zero-order valence-electron chi connectivity index (χ0n) is 30.5. The Morgan fingerprint density at radius 1 is 0.429 bits per heavy atom. The Labute approximate surface area is 324 Å². The van der Waals surface area contributed by atoms with E-state index in [0.29, 0.717) is 0 Å². The van der Waals surface area contributed by atoms with Gasteiger partial charge in [0.05, 0.1) is 50.7 Å². The molecule has 0 saturated carbocycles. The van der Waals surface area contributed by atoms with Crippen molar-refractivity contribution in [2.24, 2.45) is 0 Å². The number of pyridine rings is 3. The lowest BCUT2D eigenvalue weighted by Gasteiger charge is -2.15. The third-order valence-corrected chi connectivity index (χ3v) is 11.1. The number of nitrogens with zero attached hydrogens (tertiary/aromatic N) is 5. The van der Waals surface area contributed by atoms with Gasteiger partial charge in [0.2, 0.25) is 0 Å². The highest BCUT2D eigenvalue weighted by atomic mass is 15.0. The molecule has 0 saturated heterocycles. The highest BCUT2D eigenvalue weighted by Gasteiger charge is 2.22. The second-order valence-electron chi connectivity index (χ2n) is 14.3. The summed E-state index contributed by atoms with van der Waals surface area (Å²) < 4.78 is 4.78. The Hall–Kier alpha value is -7.37. The fourth-order valence-electron chi connectivity index (χ4n) is 8.62. The van der Waals surface area contributed by atoms with Gasteiger partial charge in [-0.3, -0.25) is 9.97 Å². The van der Waals surface area contributed by atoms with Gasteiger partial charge < -0.3 is 9.13 Å². The van der Waals surface area contributed by atoms with E-state index in [1.807, 2.05) is 30.6 Å². The van der Waals surface area contributed by atoms with Crippen LogP contribution in [0.5, 0.6) is 0 Å².